The number of halogens is 3. The summed E-state index contributed by atoms with van der Waals surface area (Å²) in [5, 5.41) is 2.97. The average molecular weight is 649 g/mol. The quantitative estimate of drug-likeness (QED) is 0.313. The van der Waals surface area contributed by atoms with Crippen molar-refractivity contribution in [2.24, 2.45) is 0 Å². The molecule has 2 aliphatic rings. The average Bonchev–Trinajstić information content (AvgIpc) is 3.49. The minimum atomic E-state index is -4.50. The minimum absolute atomic E-state index is 0.152. The number of likely N-dealkylation sites (tertiary alicyclic amines) is 1. The summed E-state index contributed by atoms with van der Waals surface area (Å²) in [6, 6.07) is 10.9. The Bertz CT molecular complexity index is 1730. The van der Waals surface area contributed by atoms with E-state index in [4.69, 9.17) is 0 Å². The molecule has 1 atom stereocenters. The summed E-state index contributed by atoms with van der Waals surface area (Å²) >= 11 is 0. The van der Waals surface area contributed by atoms with Crippen LogP contribution in [0, 0.1) is 0 Å². The highest BCUT2D eigenvalue weighted by Gasteiger charge is 2.33. The summed E-state index contributed by atoms with van der Waals surface area (Å²) in [5.41, 5.74) is 1.25. The number of urea groups is 1. The van der Waals surface area contributed by atoms with Crippen LogP contribution in [0.15, 0.2) is 84.3 Å². The Balaban J connectivity index is 1.09. The van der Waals surface area contributed by atoms with Gasteiger partial charge in [-0.1, -0.05) is 12.1 Å². The van der Waals surface area contributed by atoms with Crippen molar-refractivity contribution in [2.45, 2.75) is 37.5 Å². The summed E-state index contributed by atoms with van der Waals surface area (Å²) in [6.45, 7) is 3.04. The van der Waals surface area contributed by atoms with Crippen LogP contribution >= 0.6 is 0 Å². The van der Waals surface area contributed by atoms with Crippen molar-refractivity contribution >= 4 is 17.6 Å². The van der Waals surface area contributed by atoms with Gasteiger partial charge in [-0.25, -0.2) is 9.59 Å². The topological polar surface area (TPSA) is 119 Å². The lowest BCUT2D eigenvalue weighted by Crippen LogP contribution is -2.57. The van der Waals surface area contributed by atoms with Gasteiger partial charge in [-0.15, -0.1) is 0 Å². The first kappa shape index (κ1) is 31.8. The molecule has 2 fully saturated rings. The van der Waals surface area contributed by atoms with E-state index in [-0.39, 0.29) is 23.5 Å². The fourth-order valence-corrected chi connectivity index (χ4v) is 6.19. The Morgan fingerprint density at radius 3 is 2.21 bits per heavy atom. The van der Waals surface area contributed by atoms with Crippen LogP contribution in [0.1, 0.15) is 30.0 Å². The van der Waals surface area contributed by atoms with E-state index in [1.807, 2.05) is 24.3 Å². The van der Waals surface area contributed by atoms with Crippen LogP contribution in [0.2, 0.25) is 0 Å². The van der Waals surface area contributed by atoms with Crippen LogP contribution in [0.25, 0.3) is 11.3 Å². The van der Waals surface area contributed by atoms with E-state index in [2.05, 4.69) is 25.2 Å². The number of anilines is 1. The number of rotatable bonds is 7. The number of nitrogens with one attached hydrogen (secondary N) is 2. The Morgan fingerprint density at radius 1 is 0.894 bits per heavy atom. The number of carbonyl (C=O) groups excluding carboxylic acids is 2. The number of H-pyrrole nitrogens is 1. The van der Waals surface area contributed by atoms with Gasteiger partial charge in [-0.2, -0.15) is 13.2 Å². The molecule has 0 bridgehead atoms. The third-order valence-electron chi connectivity index (χ3n) is 8.79. The highest BCUT2D eigenvalue weighted by molar-refractivity contribution is 5.87. The zero-order valence-electron chi connectivity index (χ0n) is 25.6. The van der Waals surface area contributed by atoms with Crippen molar-refractivity contribution in [2.75, 3.05) is 44.2 Å². The molecule has 11 nitrogen and oxygen atoms in total. The Hall–Kier alpha value is -5.14. The molecule has 47 heavy (non-hydrogen) atoms. The summed E-state index contributed by atoms with van der Waals surface area (Å²) < 4.78 is 41.2. The Morgan fingerprint density at radius 2 is 1.55 bits per heavy atom. The summed E-state index contributed by atoms with van der Waals surface area (Å²) in [4.78, 5) is 56.5. The Labute approximate surface area is 269 Å². The van der Waals surface area contributed by atoms with Crippen LogP contribution in [0.3, 0.4) is 0 Å². The van der Waals surface area contributed by atoms with E-state index < -0.39 is 23.5 Å². The molecule has 0 radical (unpaired) electrons. The molecule has 2 aliphatic heterocycles. The number of amides is 3. The predicted molar refractivity (Wildman–Crippen MR) is 169 cm³/mol. The van der Waals surface area contributed by atoms with Gasteiger partial charge in [0.2, 0.25) is 5.91 Å². The lowest BCUT2D eigenvalue weighted by Gasteiger charge is -2.38. The molecule has 2 saturated heterocycles. The molecule has 4 aromatic rings. The van der Waals surface area contributed by atoms with E-state index >= 15 is 0 Å². The van der Waals surface area contributed by atoms with Crippen LogP contribution in [-0.2, 0) is 17.4 Å². The van der Waals surface area contributed by atoms with Crippen molar-refractivity contribution in [1.82, 2.24) is 34.6 Å². The maximum Gasteiger partial charge on any atom is 0.416 e. The smallest absolute Gasteiger partial charge is 0.368 e. The van der Waals surface area contributed by atoms with Gasteiger partial charge in [0.05, 0.1) is 11.3 Å². The van der Waals surface area contributed by atoms with Crippen LogP contribution < -0.4 is 15.9 Å². The molecule has 5 heterocycles. The molecular weight excluding hydrogens is 613 g/mol. The number of carbonyl (C=O) groups is 2. The predicted octanol–water partition coefficient (Wildman–Crippen LogP) is 3.96. The van der Waals surface area contributed by atoms with E-state index in [1.54, 1.807) is 34.6 Å². The molecule has 0 aliphatic carbocycles. The second-order valence-electron chi connectivity index (χ2n) is 11.8. The van der Waals surface area contributed by atoms with Crippen LogP contribution in [-0.4, -0.2) is 86.6 Å². The van der Waals surface area contributed by atoms with Crippen LogP contribution in [0.4, 0.5) is 23.7 Å². The number of hydrogen-bond donors (Lipinski definition) is 2. The third-order valence-corrected chi connectivity index (χ3v) is 8.79. The van der Waals surface area contributed by atoms with E-state index in [0.717, 1.165) is 23.4 Å². The van der Waals surface area contributed by atoms with E-state index in [0.29, 0.717) is 64.2 Å². The number of benzene rings is 1. The zero-order chi connectivity index (χ0) is 33.0. The van der Waals surface area contributed by atoms with Crippen molar-refractivity contribution in [3.05, 3.63) is 101 Å². The normalized spacial score (nSPS) is 16.6. The molecular formula is C33H35F3N8O3. The van der Waals surface area contributed by atoms with E-state index in [9.17, 15) is 27.6 Å². The molecule has 1 unspecified atom stereocenters. The molecule has 2 N–H and O–H groups in total. The highest BCUT2D eigenvalue weighted by atomic mass is 19.4. The third kappa shape index (κ3) is 7.47. The number of piperazine rings is 1. The lowest BCUT2D eigenvalue weighted by atomic mass is 10.0. The maximum atomic E-state index is 13.8. The van der Waals surface area contributed by atoms with Crippen LogP contribution in [0.5, 0.6) is 0 Å². The molecule has 0 spiro atoms. The fourth-order valence-electron chi connectivity index (χ4n) is 6.19. The van der Waals surface area contributed by atoms with Crippen molar-refractivity contribution < 1.29 is 22.8 Å². The zero-order valence-corrected chi connectivity index (χ0v) is 25.6. The first-order valence-corrected chi connectivity index (χ1v) is 15.5. The molecule has 6 rings (SSSR count). The maximum absolute atomic E-state index is 13.8. The molecule has 3 amide bonds. The monoisotopic (exact) mass is 648 g/mol. The largest absolute Gasteiger partial charge is 0.416 e. The van der Waals surface area contributed by atoms with Crippen molar-refractivity contribution in [1.29, 1.82) is 0 Å². The number of pyridine rings is 2. The van der Waals surface area contributed by atoms with Gasteiger partial charge in [-0.3, -0.25) is 19.3 Å². The van der Waals surface area contributed by atoms with Gasteiger partial charge in [0, 0.05) is 94.0 Å². The van der Waals surface area contributed by atoms with Crippen molar-refractivity contribution in [3.63, 3.8) is 0 Å². The first-order chi connectivity index (χ1) is 22.7. The molecule has 14 heteroatoms. The van der Waals surface area contributed by atoms with Gasteiger partial charge < -0.3 is 25.0 Å². The van der Waals surface area contributed by atoms with Crippen molar-refractivity contribution in [3.8, 4) is 11.3 Å². The molecule has 1 aromatic carbocycles. The van der Waals surface area contributed by atoms with Gasteiger partial charge in [0.25, 0.3) is 0 Å². The summed E-state index contributed by atoms with van der Waals surface area (Å²) in [6.07, 6.45) is 5.07. The molecule has 3 aromatic heterocycles. The SMILES string of the molecule is O=C(NC(Cc1ccncc1)C(=O)N1CCN(c2ccncc2)CC1)N1CCC(n2cc(-c3cccc(C(F)(F)F)c3)[nH]c2=O)CC1. The molecule has 0 saturated carbocycles. The number of aromatic nitrogens is 4. The number of hydrogen-bond acceptors (Lipinski definition) is 6. The summed E-state index contributed by atoms with van der Waals surface area (Å²) in [7, 11) is 0. The van der Waals surface area contributed by atoms with Gasteiger partial charge >= 0.3 is 17.9 Å². The van der Waals surface area contributed by atoms with Gasteiger partial charge in [0.15, 0.2) is 0 Å². The molecule has 246 valence electrons. The number of imidazole rings is 1. The second kappa shape index (κ2) is 13.7. The number of piperidine rings is 1. The van der Waals surface area contributed by atoms with Gasteiger partial charge in [-0.05, 0) is 54.8 Å². The minimum Gasteiger partial charge on any atom is -0.368 e. The number of nitrogens with zero attached hydrogens (tertiary/aromatic N) is 6. The summed E-state index contributed by atoms with van der Waals surface area (Å²) in [5.74, 6) is -0.152. The Kier molecular flexibility index (Phi) is 9.27. The van der Waals surface area contributed by atoms with Gasteiger partial charge in [0.1, 0.15) is 6.04 Å². The standard InChI is InChI=1S/C33H35F3N8O3/c34-33(35,36)25-3-1-2-24(21-25)29-22-44(32(47)40-29)27-8-14-43(15-9-27)31(46)39-28(20-23-4-10-37-11-5-23)30(45)42-18-16-41(17-19-42)26-6-12-38-13-7-26/h1-7,10-13,21-22,27-28H,8-9,14-20H2,(H,39,46)(H,40,47). The second-order valence-corrected chi connectivity index (χ2v) is 11.8. The first-order valence-electron chi connectivity index (χ1n) is 15.5. The highest BCUT2D eigenvalue weighted by Crippen LogP contribution is 2.32. The number of alkyl halides is 3. The number of aromatic amines is 1. The fraction of sp³-hybridized carbons (Fsp3) is 0.364. The van der Waals surface area contributed by atoms with E-state index in [1.165, 1.54) is 22.9 Å². The lowest BCUT2D eigenvalue weighted by molar-refractivity contribution is -0.137.